The lowest BCUT2D eigenvalue weighted by Crippen LogP contribution is -2.18. The van der Waals surface area contributed by atoms with Gasteiger partial charge in [-0.05, 0) is 52.3 Å². The molecule has 0 saturated carbocycles. The summed E-state index contributed by atoms with van der Waals surface area (Å²) in [7, 11) is -6.56. The molecule has 6 nitrogen and oxygen atoms in total. The summed E-state index contributed by atoms with van der Waals surface area (Å²) in [5.74, 6) is 0. The number of halogens is 1. The highest BCUT2D eigenvalue weighted by Crippen LogP contribution is 2.50. The molecule has 9 heteroatoms. The quantitative estimate of drug-likeness (QED) is 0.527. The average molecular weight is 385 g/mol. The highest BCUT2D eigenvalue weighted by Gasteiger charge is 2.33. The molecule has 1 aromatic carbocycles. The minimum absolute atomic E-state index is 0.0956. The summed E-state index contributed by atoms with van der Waals surface area (Å²) in [5.41, 5.74) is 0.300. The number of hydrogen-bond acceptors (Lipinski definition) is 6. The fraction of sp³-hybridized carbons (Fsp3) is 0.571. The molecular formula is C14H22ClO6PS. The van der Waals surface area contributed by atoms with Crippen molar-refractivity contribution < 1.29 is 26.2 Å². The lowest BCUT2D eigenvalue weighted by Gasteiger charge is -2.24. The Morgan fingerprint density at radius 2 is 1.57 bits per heavy atom. The van der Waals surface area contributed by atoms with Gasteiger partial charge in [0.15, 0.2) is 0 Å². The molecule has 0 N–H and O–H groups in total. The van der Waals surface area contributed by atoms with Gasteiger partial charge in [0, 0.05) is 0 Å². The van der Waals surface area contributed by atoms with Crippen LogP contribution in [0.4, 0.5) is 0 Å². The molecule has 0 fully saturated rings. The van der Waals surface area contributed by atoms with Crippen molar-refractivity contribution in [3.63, 3.8) is 0 Å². The normalized spacial score (nSPS) is 13.1. The molecule has 0 aliphatic heterocycles. The zero-order valence-electron chi connectivity index (χ0n) is 14.0. The van der Waals surface area contributed by atoms with Crippen LogP contribution in [0.15, 0.2) is 17.0 Å². The van der Waals surface area contributed by atoms with E-state index >= 15 is 0 Å². The van der Waals surface area contributed by atoms with Crippen molar-refractivity contribution in [3.8, 4) is 0 Å². The van der Waals surface area contributed by atoms with Crippen LogP contribution in [0.2, 0.25) is 5.02 Å². The molecule has 0 atom stereocenters. The maximum atomic E-state index is 13.1. The van der Waals surface area contributed by atoms with Gasteiger partial charge in [-0.25, -0.2) is 0 Å². The fourth-order valence-corrected chi connectivity index (χ4v) is 5.56. The molecule has 132 valence electrons. The van der Waals surface area contributed by atoms with E-state index in [9.17, 15) is 13.0 Å². The van der Waals surface area contributed by atoms with E-state index in [0.29, 0.717) is 5.56 Å². The van der Waals surface area contributed by atoms with Crippen LogP contribution in [0, 0.1) is 6.92 Å². The average Bonchev–Trinajstić information content (AvgIpc) is 2.35. The largest absolute Gasteiger partial charge is 0.361 e. The Bertz CT molecular complexity index is 677. The minimum atomic E-state index is -3.97. The van der Waals surface area contributed by atoms with E-state index in [1.807, 2.05) is 0 Å². The number of rotatable bonds is 7. The molecule has 1 rings (SSSR count). The van der Waals surface area contributed by atoms with Crippen LogP contribution in [-0.2, 0) is 27.9 Å². The summed E-state index contributed by atoms with van der Waals surface area (Å²) in [5, 5.41) is 0.110. The summed E-state index contributed by atoms with van der Waals surface area (Å²) in [6, 6.07) is 2.72. The smallest absolute Gasteiger partial charge is 0.302 e. The third-order valence-electron chi connectivity index (χ3n) is 2.70. The topological polar surface area (TPSA) is 78.9 Å². The van der Waals surface area contributed by atoms with Crippen LogP contribution in [0.1, 0.15) is 33.3 Å². The third-order valence-corrected chi connectivity index (χ3v) is 6.88. The van der Waals surface area contributed by atoms with Gasteiger partial charge in [0.25, 0.3) is 10.1 Å². The maximum Gasteiger partial charge on any atom is 0.361 e. The monoisotopic (exact) mass is 384 g/mol. The summed E-state index contributed by atoms with van der Waals surface area (Å²) in [4.78, 5) is -0.161. The second-order valence-corrected chi connectivity index (χ2v) is 9.49. The first-order valence-corrected chi connectivity index (χ1v) is 10.3. The predicted molar refractivity (Wildman–Crippen MR) is 90.1 cm³/mol. The summed E-state index contributed by atoms with van der Waals surface area (Å²) >= 11 is 6.09. The second kappa shape index (κ2) is 7.64. The van der Waals surface area contributed by atoms with E-state index < -0.39 is 17.7 Å². The first-order chi connectivity index (χ1) is 10.4. The van der Waals surface area contributed by atoms with Crippen LogP contribution in [0.5, 0.6) is 0 Å². The Hall–Kier alpha value is -0.430. The number of hydrogen-bond donors (Lipinski definition) is 0. The Balaban J connectivity index is 3.51. The zero-order valence-corrected chi connectivity index (χ0v) is 16.5. The zero-order chi connectivity index (χ0) is 18.0. The number of benzene rings is 1. The lowest BCUT2D eigenvalue weighted by molar-refractivity contribution is 0.150. The molecule has 0 radical (unpaired) electrons. The van der Waals surface area contributed by atoms with Crippen molar-refractivity contribution in [2.75, 3.05) is 7.11 Å². The molecule has 0 aliphatic carbocycles. The first-order valence-electron chi connectivity index (χ1n) is 7.01. The fourth-order valence-electron chi connectivity index (χ4n) is 1.97. The van der Waals surface area contributed by atoms with Crippen molar-refractivity contribution in [3.05, 3.63) is 22.7 Å². The van der Waals surface area contributed by atoms with Gasteiger partial charge in [0.2, 0.25) is 0 Å². The molecule has 23 heavy (non-hydrogen) atoms. The molecule has 1 aromatic rings. The van der Waals surface area contributed by atoms with Crippen molar-refractivity contribution in [1.29, 1.82) is 0 Å². The number of aryl methyl sites for hydroxylation is 1. The van der Waals surface area contributed by atoms with E-state index in [0.717, 1.165) is 7.11 Å². The van der Waals surface area contributed by atoms with E-state index in [1.165, 1.54) is 19.1 Å². The third kappa shape index (κ3) is 5.02. The molecule has 0 bridgehead atoms. The molecule has 0 spiro atoms. The van der Waals surface area contributed by atoms with E-state index in [1.54, 1.807) is 27.7 Å². The molecule has 0 saturated heterocycles. The van der Waals surface area contributed by atoms with E-state index in [2.05, 4.69) is 4.18 Å². The van der Waals surface area contributed by atoms with Crippen molar-refractivity contribution in [1.82, 2.24) is 0 Å². The minimum Gasteiger partial charge on any atom is -0.302 e. The summed E-state index contributed by atoms with van der Waals surface area (Å²) in [6.45, 7) is 8.46. The van der Waals surface area contributed by atoms with Gasteiger partial charge in [-0.2, -0.15) is 8.42 Å². The Labute approximate surface area is 142 Å². The van der Waals surface area contributed by atoms with Gasteiger partial charge in [-0.1, -0.05) is 11.6 Å². The Morgan fingerprint density at radius 3 is 1.91 bits per heavy atom. The van der Waals surface area contributed by atoms with Crippen LogP contribution in [0.3, 0.4) is 0 Å². The highest BCUT2D eigenvalue weighted by molar-refractivity contribution is 7.87. The second-order valence-electron chi connectivity index (χ2n) is 5.50. The van der Waals surface area contributed by atoms with Gasteiger partial charge < -0.3 is 9.05 Å². The van der Waals surface area contributed by atoms with Crippen LogP contribution in [-0.4, -0.2) is 27.7 Å². The Morgan fingerprint density at radius 1 is 1.09 bits per heavy atom. The van der Waals surface area contributed by atoms with Gasteiger partial charge in [0.1, 0.15) is 4.90 Å². The van der Waals surface area contributed by atoms with Crippen molar-refractivity contribution in [2.45, 2.75) is 51.7 Å². The molecule has 0 amide bonds. The Kier molecular flexibility index (Phi) is 6.84. The summed E-state index contributed by atoms with van der Waals surface area (Å²) in [6.07, 6.45) is -0.693. The lowest BCUT2D eigenvalue weighted by atomic mass is 10.2. The SMILES string of the molecule is COS(=O)(=O)c1c(C)cc(P(=O)(OC(C)C)OC(C)C)cc1Cl. The van der Waals surface area contributed by atoms with Gasteiger partial charge >= 0.3 is 7.60 Å². The maximum absolute atomic E-state index is 13.1. The van der Waals surface area contributed by atoms with Gasteiger partial charge in [-0.3, -0.25) is 8.75 Å². The van der Waals surface area contributed by atoms with Crippen LogP contribution < -0.4 is 5.30 Å². The van der Waals surface area contributed by atoms with Crippen LogP contribution in [0.25, 0.3) is 0 Å². The van der Waals surface area contributed by atoms with Gasteiger partial charge in [-0.15, -0.1) is 0 Å². The molecule has 0 aliphatic rings. The first kappa shape index (κ1) is 20.6. The van der Waals surface area contributed by atoms with Gasteiger partial charge in [0.05, 0.1) is 29.6 Å². The van der Waals surface area contributed by atoms with Crippen molar-refractivity contribution in [2.24, 2.45) is 0 Å². The molecular weight excluding hydrogens is 363 g/mol. The molecule has 0 aromatic heterocycles. The summed E-state index contributed by atoms with van der Waals surface area (Å²) < 4.78 is 52.4. The predicted octanol–water partition coefficient (Wildman–Crippen LogP) is 3.65. The highest BCUT2D eigenvalue weighted by atomic mass is 35.5. The van der Waals surface area contributed by atoms with Crippen LogP contribution >= 0.6 is 19.2 Å². The molecule has 0 unspecified atom stereocenters. The standard InChI is InChI=1S/C14H22ClO6PS/c1-9(2)20-22(16,21-10(3)4)12-7-11(5)14(13(15)8-12)23(17,18)19-6/h7-10H,1-6H3. The van der Waals surface area contributed by atoms with E-state index in [-0.39, 0.29) is 27.4 Å². The van der Waals surface area contributed by atoms with Crippen molar-refractivity contribution >= 4 is 34.6 Å². The van der Waals surface area contributed by atoms with E-state index in [4.69, 9.17) is 20.6 Å². The molecule has 0 heterocycles.